The van der Waals surface area contributed by atoms with Gasteiger partial charge in [-0.2, -0.15) is 0 Å². The fraction of sp³-hybridized carbons (Fsp3) is 0.571. The Morgan fingerprint density at radius 2 is 2.15 bits per heavy atom. The molecule has 1 aromatic heterocycles. The van der Waals surface area contributed by atoms with Crippen molar-refractivity contribution < 1.29 is 4.79 Å². The predicted molar refractivity (Wildman–Crippen MR) is 78.6 cm³/mol. The number of piperazine rings is 1. The van der Waals surface area contributed by atoms with E-state index in [1.165, 1.54) is 0 Å². The SMILES string of the molecule is C=CCNC(=O)N1CCN(CCn2ccnc2C)CC1. The molecule has 6 heteroatoms. The first-order chi connectivity index (χ1) is 9.70. The Kier molecular flexibility index (Phi) is 5.17. The van der Waals surface area contributed by atoms with Crippen LogP contribution in [0.1, 0.15) is 5.82 Å². The van der Waals surface area contributed by atoms with E-state index in [-0.39, 0.29) is 6.03 Å². The van der Waals surface area contributed by atoms with Crippen LogP contribution in [0.4, 0.5) is 4.79 Å². The number of hydrogen-bond donors (Lipinski definition) is 1. The lowest BCUT2D eigenvalue weighted by Gasteiger charge is -2.34. The van der Waals surface area contributed by atoms with Gasteiger partial charge in [-0.05, 0) is 6.92 Å². The molecule has 1 aliphatic heterocycles. The topological polar surface area (TPSA) is 53.4 Å². The van der Waals surface area contributed by atoms with Gasteiger partial charge in [0.25, 0.3) is 0 Å². The highest BCUT2D eigenvalue weighted by atomic mass is 16.2. The number of carbonyl (C=O) groups excluding carboxylic acids is 1. The van der Waals surface area contributed by atoms with E-state index in [1.807, 2.05) is 24.2 Å². The van der Waals surface area contributed by atoms with Crippen LogP contribution in [0.25, 0.3) is 0 Å². The molecule has 0 radical (unpaired) electrons. The molecule has 6 nitrogen and oxygen atoms in total. The summed E-state index contributed by atoms with van der Waals surface area (Å²) < 4.78 is 2.16. The average molecular weight is 277 g/mol. The number of nitrogens with one attached hydrogen (secondary N) is 1. The molecule has 1 saturated heterocycles. The average Bonchev–Trinajstić information content (AvgIpc) is 2.88. The molecule has 1 aliphatic rings. The summed E-state index contributed by atoms with van der Waals surface area (Å²) in [5.41, 5.74) is 0. The van der Waals surface area contributed by atoms with Gasteiger partial charge in [0.1, 0.15) is 5.82 Å². The van der Waals surface area contributed by atoms with Crippen LogP contribution in [-0.4, -0.2) is 64.7 Å². The summed E-state index contributed by atoms with van der Waals surface area (Å²) in [6, 6.07) is 0.00926. The Morgan fingerprint density at radius 1 is 1.40 bits per heavy atom. The van der Waals surface area contributed by atoms with Crippen molar-refractivity contribution in [3.63, 3.8) is 0 Å². The van der Waals surface area contributed by atoms with Crippen LogP contribution in [0.2, 0.25) is 0 Å². The molecule has 2 heterocycles. The standard InChI is InChI=1S/C14H23N5O/c1-3-4-16-14(20)19-11-8-17(9-12-19)7-10-18-6-5-15-13(18)2/h3,5-6H,1,4,7-12H2,2H3,(H,16,20). The van der Waals surface area contributed by atoms with Crippen LogP contribution in [-0.2, 0) is 6.54 Å². The number of nitrogens with zero attached hydrogens (tertiary/aromatic N) is 4. The normalized spacial score (nSPS) is 16.1. The third kappa shape index (κ3) is 3.84. The van der Waals surface area contributed by atoms with Crippen LogP contribution in [0.5, 0.6) is 0 Å². The Hall–Kier alpha value is -1.82. The summed E-state index contributed by atoms with van der Waals surface area (Å²) in [7, 11) is 0. The fourth-order valence-corrected chi connectivity index (χ4v) is 2.34. The quantitative estimate of drug-likeness (QED) is 0.806. The maximum absolute atomic E-state index is 11.8. The molecule has 0 aromatic carbocycles. The van der Waals surface area contributed by atoms with Crippen molar-refractivity contribution in [1.82, 2.24) is 24.7 Å². The lowest BCUT2D eigenvalue weighted by molar-refractivity contribution is 0.137. The molecule has 2 amide bonds. The first-order valence-corrected chi connectivity index (χ1v) is 7.04. The first kappa shape index (κ1) is 14.6. The summed E-state index contributed by atoms with van der Waals surface area (Å²) in [5, 5.41) is 2.82. The zero-order valence-corrected chi connectivity index (χ0v) is 12.1. The molecule has 0 spiro atoms. The maximum atomic E-state index is 11.8. The van der Waals surface area contributed by atoms with Gasteiger partial charge < -0.3 is 14.8 Å². The lowest BCUT2D eigenvalue weighted by Crippen LogP contribution is -2.52. The molecule has 110 valence electrons. The van der Waals surface area contributed by atoms with E-state index < -0.39 is 0 Å². The molecule has 0 atom stereocenters. The number of hydrogen-bond acceptors (Lipinski definition) is 3. The molecular formula is C14H23N5O. The van der Waals surface area contributed by atoms with E-state index in [0.717, 1.165) is 45.1 Å². The van der Waals surface area contributed by atoms with Crippen LogP contribution in [0.3, 0.4) is 0 Å². The number of urea groups is 1. The summed E-state index contributed by atoms with van der Waals surface area (Å²) >= 11 is 0. The number of rotatable bonds is 5. The van der Waals surface area contributed by atoms with Gasteiger partial charge >= 0.3 is 6.03 Å². The number of aryl methyl sites for hydroxylation is 1. The van der Waals surface area contributed by atoms with Gasteiger partial charge in [-0.1, -0.05) is 6.08 Å². The van der Waals surface area contributed by atoms with Crippen molar-refractivity contribution in [1.29, 1.82) is 0 Å². The minimum absolute atomic E-state index is 0.00926. The largest absolute Gasteiger partial charge is 0.335 e. The van der Waals surface area contributed by atoms with Crippen molar-refractivity contribution in [2.75, 3.05) is 39.3 Å². The van der Waals surface area contributed by atoms with Crippen LogP contribution in [0.15, 0.2) is 25.0 Å². The number of amides is 2. The Labute approximate surface area is 120 Å². The summed E-state index contributed by atoms with van der Waals surface area (Å²) in [4.78, 5) is 20.3. The van der Waals surface area contributed by atoms with E-state index in [0.29, 0.717) is 6.54 Å². The van der Waals surface area contributed by atoms with E-state index in [9.17, 15) is 4.79 Å². The molecule has 0 unspecified atom stereocenters. The Morgan fingerprint density at radius 3 is 2.75 bits per heavy atom. The van der Waals surface area contributed by atoms with E-state index in [2.05, 4.69) is 26.3 Å². The van der Waals surface area contributed by atoms with Crippen molar-refractivity contribution in [3.05, 3.63) is 30.9 Å². The number of carbonyl (C=O) groups is 1. The van der Waals surface area contributed by atoms with E-state index in [1.54, 1.807) is 6.08 Å². The van der Waals surface area contributed by atoms with Crippen molar-refractivity contribution in [2.24, 2.45) is 0 Å². The fourth-order valence-electron chi connectivity index (χ4n) is 2.34. The smallest absolute Gasteiger partial charge is 0.317 e. The third-order valence-corrected chi connectivity index (χ3v) is 3.64. The molecule has 0 aliphatic carbocycles. The molecule has 1 aromatic rings. The molecule has 2 rings (SSSR count). The Balaban J connectivity index is 1.70. The van der Waals surface area contributed by atoms with Crippen LogP contribution in [0, 0.1) is 6.92 Å². The minimum Gasteiger partial charge on any atom is -0.335 e. The molecule has 1 N–H and O–H groups in total. The van der Waals surface area contributed by atoms with Gasteiger partial charge in [-0.3, -0.25) is 4.90 Å². The van der Waals surface area contributed by atoms with Gasteiger partial charge in [0.15, 0.2) is 0 Å². The Bertz CT molecular complexity index is 448. The minimum atomic E-state index is 0.00926. The monoisotopic (exact) mass is 277 g/mol. The van der Waals surface area contributed by atoms with Gasteiger partial charge in [-0.25, -0.2) is 9.78 Å². The van der Waals surface area contributed by atoms with Crippen LogP contribution >= 0.6 is 0 Å². The highest BCUT2D eigenvalue weighted by Crippen LogP contribution is 2.03. The molecule has 1 fully saturated rings. The van der Waals surface area contributed by atoms with Crippen molar-refractivity contribution >= 4 is 6.03 Å². The molecule has 20 heavy (non-hydrogen) atoms. The number of aromatic nitrogens is 2. The summed E-state index contributed by atoms with van der Waals surface area (Å²) in [6.45, 7) is 11.5. The molecule has 0 bridgehead atoms. The van der Waals surface area contributed by atoms with Gasteiger partial charge in [0.2, 0.25) is 0 Å². The second-order valence-corrected chi connectivity index (χ2v) is 4.97. The summed E-state index contributed by atoms with van der Waals surface area (Å²) in [5.74, 6) is 1.05. The van der Waals surface area contributed by atoms with Gasteiger partial charge in [0.05, 0.1) is 0 Å². The van der Waals surface area contributed by atoms with Crippen LogP contribution < -0.4 is 5.32 Å². The predicted octanol–water partition coefficient (Wildman–Crippen LogP) is 0.705. The van der Waals surface area contributed by atoms with E-state index in [4.69, 9.17) is 0 Å². The zero-order valence-electron chi connectivity index (χ0n) is 12.1. The van der Waals surface area contributed by atoms with E-state index >= 15 is 0 Å². The molecule has 0 saturated carbocycles. The van der Waals surface area contributed by atoms with Crippen molar-refractivity contribution in [3.8, 4) is 0 Å². The highest BCUT2D eigenvalue weighted by Gasteiger charge is 2.20. The molecular weight excluding hydrogens is 254 g/mol. The second kappa shape index (κ2) is 7.09. The third-order valence-electron chi connectivity index (χ3n) is 3.64. The maximum Gasteiger partial charge on any atom is 0.317 e. The summed E-state index contributed by atoms with van der Waals surface area (Å²) in [6.07, 6.45) is 5.53. The lowest BCUT2D eigenvalue weighted by atomic mass is 10.3. The second-order valence-electron chi connectivity index (χ2n) is 4.97. The highest BCUT2D eigenvalue weighted by molar-refractivity contribution is 5.74. The van der Waals surface area contributed by atoms with Crippen molar-refractivity contribution in [2.45, 2.75) is 13.5 Å². The number of imidazole rings is 1. The zero-order chi connectivity index (χ0) is 14.4. The van der Waals surface area contributed by atoms with Gasteiger partial charge in [0, 0.05) is 58.2 Å². The van der Waals surface area contributed by atoms with Gasteiger partial charge in [-0.15, -0.1) is 6.58 Å². The first-order valence-electron chi connectivity index (χ1n) is 7.04.